The second-order valence-electron chi connectivity index (χ2n) is 3.54. The summed E-state index contributed by atoms with van der Waals surface area (Å²) in [4.78, 5) is 26.6. The maximum atomic E-state index is 11.7. The van der Waals surface area contributed by atoms with E-state index in [1.807, 2.05) is 0 Å². The number of benzene rings is 1. The smallest absolute Gasteiger partial charge is 0.337 e. The molecule has 8 nitrogen and oxygen atoms in total. The summed E-state index contributed by atoms with van der Waals surface area (Å²) in [6, 6.07) is 3.81. The maximum Gasteiger partial charge on any atom is 0.337 e. The standard InChI is InChI=1S/C11H8BrN5O3/c12-6-1-2-8(7(5-6)9(18)19)15-11(20)16-10-13-3-4-14-17-10/h1-5H,(H,18,19)(H2,13,15,16,17,20). The van der Waals surface area contributed by atoms with Crippen molar-refractivity contribution in [2.24, 2.45) is 0 Å². The van der Waals surface area contributed by atoms with Gasteiger partial charge in [-0.2, -0.15) is 5.10 Å². The van der Waals surface area contributed by atoms with E-state index in [2.05, 4.69) is 41.7 Å². The molecule has 1 aromatic carbocycles. The maximum absolute atomic E-state index is 11.7. The highest BCUT2D eigenvalue weighted by atomic mass is 79.9. The van der Waals surface area contributed by atoms with Crippen LogP contribution in [0.1, 0.15) is 10.4 Å². The molecule has 1 heterocycles. The minimum atomic E-state index is -1.15. The predicted molar refractivity (Wildman–Crippen MR) is 73.6 cm³/mol. The van der Waals surface area contributed by atoms with Crippen LogP contribution in [-0.4, -0.2) is 32.3 Å². The lowest BCUT2D eigenvalue weighted by Gasteiger charge is -2.09. The molecule has 0 spiro atoms. The van der Waals surface area contributed by atoms with Crippen LogP contribution in [0.2, 0.25) is 0 Å². The van der Waals surface area contributed by atoms with Crippen molar-refractivity contribution in [3.8, 4) is 0 Å². The van der Waals surface area contributed by atoms with E-state index in [1.54, 1.807) is 6.07 Å². The Morgan fingerprint density at radius 3 is 2.65 bits per heavy atom. The van der Waals surface area contributed by atoms with Gasteiger partial charge >= 0.3 is 12.0 Å². The third kappa shape index (κ3) is 3.48. The average Bonchev–Trinajstić information content (AvgIpc) is 2.41. The van der Waals surface area contributed by atoms with E-state index < -0.39 is 12.0 Å². The van der Waals surface area contributed by atoms with E-state index in [0.717, 1.165) is 0 Å². The molecule has 0 aliphatic heterocycles. The first-order valence-corrected chi connectivity index (χ1v) is 6.10. The van der Waals surface area contributed by atoms with Crippen molar-refractivity contribution >= 4 is 39.6 Å². The first-order valence-electron chi connectivity index (χ1n) is 5.31. The van der Waals surface area contributed by atoms with Gasteiger partial charge in [-0.25, -0.2) is 14.6 Å². The molecule has 9 heteroatoms. The van der Waals surface area contributed by atoms with E-state index in [0.29, 0.717) is 4.47 Å². The molecule has 0 fully saturated rings. The fourth-order valence-electron chi connectivity index (χ4n) is 1.36. The van der Waals surface area contributed by atoms with Crippen molar-refractivity contribution in [1.82, 2.24) is 15.2 Å². The highest BCUT2D eigenvalue weighted by Gasteiger charge is 2.13. The van der Waals surface area contributed by atoms with Crippen LogP contribution >= 0.6 is 15.9 Å². The number of anilines is 2. The average molecular weight is 338 g/mol. The number of carboxylic acids is 1. The summed E-state index contributed by atoms with van der Waals surface area (Å²) in [6.45, 7) is 0. The molecule has 2 amide bonds. The van der Waals surface area contributed by atoms with Crippen LogP contribution in [0.5, 0.6) is 0 Å². The van der Waals surface area contributed by atoms with Gasteiger partial charge in [0.2, 0.25) is 0 Å². The van der Waals surface area contributed by atoms with Crippen molar-refractivity contribution in [1.29, 1.82) is 0 Å². The van der Waals surface area contributed by atoms with Crippen LogP contribution in [0.25, 0.3) is 0 Å². The summed E-state index contributed by atoms with van der Waals surface area (Å²) >= 11 is 3.16. The van der Waals surface area contributed by atoms with Gasteiger partial charge in [-0.1, -0.05) is 15.9 Å². The fourth-order valence-corrected chi connectivity index (χ4v) is 1.72. The molecule has 0 aliphatic rings. The van der Waals surface area contributed by atoms with Crippen molar-refractivity contribution in [2.45, 2.75) is 0 Å². The number of rotatable bonds is 3. The minimum absolute atomic E-state index is 0.0130. The Bertz CT molecular complexity index is 650. The first-order chi connectivity index (χ1) is 9.56. The molecular weight excluding hydrogens is 330 g/mol. The SMILES string of the molecule is O=C(Nc1nccnn1)Nc1ccc(Br)cc1C(=O)O. The molecule has 0 bridgehead atoms. The highest BCUT2D eigenvalue weighted by Crippen LogP contribution is 2.21. The Morgan fingerprint density at radius 1 is 1.20 bits per heavy atom. The van der Waals surface area contributed by atoms with Gasteiger partial charge in [-0.15, -0.1) is 5.10 Å². The number of hydrogen-bond acceptors (Lipinski definition) is 5. The Labute approximate surface area is 121 Å². The fraction of sp³-hybridized carbons (Fsp3) is 0. The van der Waals surface area contributed by atoms with Crippen LogP contribution < -0.4 is 10.6 Å². The normalized spacial score (nSPS) is 9.85. The quantitative estimate of drug-likeness (QED) is 0.788. The third-order valence-electron chi connectivity index (χ3n) is 2.17. The molecule has 0 unspecified atom stereocenters. The molecule has 20 heavy (non-hydrogen) atoms. The molecular formula is C11H8BrN5O3. The Morgan fingerprint density at radius 2 is 2.00 bits per heavy atom. The van der Waals surface area contributed by atoms with Gasteiger partial charge in [0, 0.05) is 4.47 Å². The van der Waals surface area contributed by atoms with E-state index in [-0.39, 0.29) is 17.2 Å². The number of nitrogens with one attached hydrogen (secondary N) is 2. The number of aromatic carboxylic acids is 1. The summed E-state index contributed by atoms with van der Waals surface area (Å²) in [5, 5.41) is 20.9. The monoisotopic (exact) mass is 337 g/mol. The van der Waals surface area contributed by atoms with Gasteiger partial charge in [0.05, 0.1) is 23.6 Å². The lowest BCUT2D eigenvalue weighted by atomic mass is 10.2. The summed E-state index contributed by atoms with van der Waals surface area (Å²) in [7, 11) is 0. The molecule has 2 aromatic rings. The number of urea groups is 1. The second kappa shape index (κ2) is 6.06. The van der Waals surface area contributed by atoms with Crippen LogP contribution in [0, 0.1) is 0 Å². The summed E-state index contributed by atoms with van der Waals surface area (Å²) in [5.41, 5.74) is 0.115. The number of carbonyl (C=O) groups is 2. The summed E-state index contributed by atoms with van der Waals surface area (Å²) in [6.07, 6.45) is 2.73. The Balaban J connectivity index is 2.14. The Kier molecular flexibility index (Phi) is 4.20. The van der Waals surface area contributed by atoms with E-state index in [1.165, 1.54) is 24.5 Å². The number of halogens is 1. The van der Waals surface area contributed by atoms with Crippen molar-refractivity contribution in [3.63, 3.8) is 0 Å². The number of amides is 2. The largest absolute Gasteiger partial charge is 0.478 e. The zero-order chi connectivity index (χ0) is 14.5. The van der Waals surface area contributed by atoms with Gasteiger partial charge in [0.15, 0.2) is 0 Å². The number of carboxylic acid groups (broad SMARTS) is 1. The van der Waals surface area contributed by atoms with Gasteiger partial charge in [0.1, 0.15) is 0 Å². The zero-order valence-corrected chi connectivity index (χ0v) is 11.5. The lowest BCUT2D eigenvalue weighted by molar-refractivity contribution is 0.0698. The third-order valence-corrected chi connectivity index (χ3v) is 2.66. The highest BCUT2D eigenvalue weighted by molar-refractivity contribution is 9.10. The van der Waals surface area contributed by atoms with Crippen LogP contribution in [0.15, 0.2) is 35.1 Å². The van der Waals surface area contributed by atoms with Crippen LogP contribution in [-0.2, 0) is 0 Å². The molecule has 102 valence electrons. The second-order valence-corrected chi connectivity index (χ2v) is 4.46. The summed E-state index contributed by atoms with van der Waals surface area (Å²) < 4.78 is 0.594. The molecule has 0 aliphatic carbocycles. The van der Waals surface area contributed by atoms with E-state index in [9.17, 15) is 9.59 Å². The predicted octanol–water partition coefficient (Wildman–Crippen LogP) is 1.98. The molecule has 3 N–H and O–H groups in total. The van der Waals surface area contributed by atoms with Gasteiger partial charge in [0.25, 0.3) is 5.95 Å². The molecule has 0 saturated carbocycles. The van der Waals surface area contributed by atoms with Crippen molar-refractivity contribution < 1.29 is 14.7 Å². The molecule has 1 aromatic heterocycles. The topological polar surface area (TPSA) is 117 Å². The minimum Gasteiger partial charge on any atom is -0.478 e. The molecule has 0 atom stereocenters. The molecule has 0 saturated heterocycles. The number of carbonyl (C=O) groups excluding carboxylic acids is 1. The van der Waals surface area contributed by atoms with Gasteiger partial charge in [-0.3, -0.25) is 5.32 Å². The number of aromatic nitrogens is 3. The van der Waals surface area contributed by atoms with E-state index >= 15 is 0 Å². The van der Waals surface area contributed by atoms with Crippen molar-refractivity contribution in [2.75, 3.05) is 10.6 Å². The van der Waals surface area contributed by atoms with Crippen LogP contribution in [0.3, 0.4) is 0 Å². The van der Waals surface area contributed by atoms with Crippen LogP contribution in [0.4, 0.5) is 16.4 Å². The zero-order valence-electron chi connectivity index (χ0n) is 9.87. The lowest BCUT2D eigenvalue weighted by Crippen LogP contribution is -2.22. The number of nitrogens with zero attached hydrogens (tertiary/aromatic N) is 3. The van der Waals surface area contributed by atoms with E-state index in [4.69, 9.17) is 5.11 Å². The van der Waals surface area contributed by atoms with Crippen molar-refractivity contribution in [3.05, 3.63) is 40.6 Å². The van der Waals surface area contributed by atoms with Gasteiger partial charge < -0.3 is 10.4 Å². The Hall–Kier alpha value is -2.55. The molecule has 0 radical (unpaired) electrons. The molecule has 2 rings (SSSR count). The number of hydrogen-bond donors (Lipinski definition) is 3. The first kappa shape index (κ1) is 13.9. The van der Waals surface area contributed by atoms with Gasteiger partial charge in [-0.05, 0) is 18.2 Å². The summed E-state index contributed by atoms with van der Waals surface area (Å²) in [5.74, 6) is -1.14.